The van der Waals surface area contributed by atoms with Gasteiger partial charge >= 0.3 is 0 Å². The number of rotatable bonds is 5. The van der Waals surface area contributed by atoms with Gasteiger partial charge in [-0.15, -0.1) is 6.42 Å². The third kappa shape index (κ3) is 4.70. The number of carbonyl (C=O) groups is 1. The molecule has 0 aromatic heterocycles. The fraction of sp³-hybridized carbons (Fsp3) is 0.812. The van der Waals surface area contributed by atoms with Crippen LogP contribution in [0.15, 0.2) is 0 Å². The predicted molar refractivity (Wildman–Crippen MR) is 93.4 cm³/mol. The molecule has 2 aliphatic heterocycles. The fourth-order valence-corrected chi connectivity index (χ4v) is 4.88. The molecule has 1 N–H and O–H groups in total. The smallest absolute Gasteiger partial charge is 0.282 e. The monoisotopic (exact) mass is 356 g/mol. The SMILES string of the molecule is C#CCNC(=O)C(C)N1CCN(S(=O)(=O)N2CCCCCC2)CC1. The van der Waals surface area contributed by atoms with Crippen LogP contribution in [0.25, 0.3) is 0 Å². The second-order valence-corrected chi connectivity index (χ2v) is 8.28. The van der Waals surface area contributed by atoms with Gasteiger partial charge in [-0.1, -0.05) is 18.8 Å². The first-order chi connectivity index (χ1) is 11.5. The quantitative estimate of drug-likeness (QED) is 0.696. The Hall–Kier alpha value is -1.14. The van der Waals surface area contributed by atoms with E-state index in [0.29, 0.717) is 39.3 Å². The number of hydrogen-bond acceptors (Lipinski definition) is 4. The Morgan fingerprint density at radius 3 is 2.12 bits per heavy atom. The maximum absolute atomic E-state index is 12.8. The molecular weight excluding hydrogens is 328 g/mol. The van der Waals surface area contributed by atoms with Gasteiger partial charge in [0.2, 0.25) is 5.91 Å². The van der Waals surface area contributed by atoms with Crippen LogP contribution in [-0.2, 0) is 15.0 Å². The zero-order valence-electron chi connectivity index (χ0n) is 14.4. The van der Waals surface area contributed by atoms with Crippen molar-refractivity contribution in [2.45, 2.75) is 38.6 Å². The van der Waals surface area contributed by atoms with Crippen LogP contribution >= 0.6 is 0 Å². The van der Waals surface area contributed by atoms with E-state index in [9.17, 15) is 13.2 Å². The van der Waals surface area contributed by atoms with Gasteiger partial charge in [0.05, 0.1) is 12.6 Å². The third-order valence-electron chi connectivity index (χ3n) is 4.78. The molecule has 2 aliphatic rings. The number of carbonyl (C=O) groups excluding carboxylic acids is 1. The van der Waals surface area contributed by atoms with Crippen molar-refractivity contribution in [2.24, 2.45) is 0 Å². The van der Waals surface area contributed by atoms with Crippen molar-refractivity contribution in [2.75, 3.05) is 45.8 Å². The molecule has 1 amide bonds. The van der Waals surface area contributed by atoms with Crippen LogP contribution in [0.4, 0.5) is 0 Å². The van der Waals surface area contributed by atoms with Gasteiger partial charge < -0.3 is 5.32 Å². The Morgan fingerprint density at radius 1 is 1.04 bits per heavy atom. The molecule has 136 valence electrons. The summed E-state index contributed by atoms with van der Waals surface area (Å²) in [6.07, 6.45) is 9.22. The third-order valence-corrected chi connectivity index (χ3v) is 6.82. The lowest BCUT2D eigenvalue weighted by Crippen LogP contribution is -2.57. The van der Waals surface area contributed by atoms with Gasteiger partial charge in [-0.3, -0.25) is 9.69 Å². The van der Waals surface area contributed by atoms with E-state index in [0.717, 1.165) is 25.7 Å². The molecule has 24 heavy (non-hydrogen) atoms. The van der Waals surface area contributed by atoms with Crippen molar-refractivity contribution in [3.63, 3.8) is 0 Å². The zero-order valence-corrected chi connectivity index (χ0v) is 15.2. The van der Waals surface area contributed by atoms with Gasteiger partial charge in [0.15, 0.2) is 0 Å². The van der Waals surface area contributed by atoms with Gasteiger partial charge in [-0.2, -0.15) is 17.0 Å². The first-order valence-electron chi connectivity index (χ1n) is 8.67. The van der Waals surface area contributed by atoms with E-state index in [-0.39, 0.29) is 18.5 Å². The molecule has 0 aromatic carbocycles. The van der Waals surface area contributed by atoms with E-state index in [4.69, 9.17) is 6.42 Å². The number of amides is 1. The maximum atomic E-state index is 12.8. The summed E-state index contributed by atoms with van der Waals surface area (Å²) in [4.78, 5) is 14.0. The van der Waals surface area contributed by atoms with Crippen LogP contribution in [0.2, 0.25) is 0 Å². The largest absolute Gasteiger partial charge is 0.344 e. The summed E-state index contributed by atoms with van der Waals surface area (Å²) >= 11 is 0. The molecule has 1 unspecified atom stereocenters. The summed E-state index contributed by atoms with van der Waals surface area (Å²) in [6.45, 7) is 5.23. The van der Waals surface area contributed by atoms with Crippen molar-refractivity contribution in [3.8, 4) is 12.3 Å². The lowest BCUT2D eigenvalue weighted by atomic mass is 10.2. The Bertz CT molecular complexity index is 556. The number of hydrogen-bond donors (Lipinski definition) is 1. The normalized spacial score (nSPS) is 23.2. The average molecular weight is 356 g/mol. The molecule has 0 bridgehead atoms. The van der Waals surface area contributed by atoms with Crippen molar-refractivity contribution in [1.82, 2.24) is 18.8 Å². The molecule has 7 nitrogen and oxygen atoms in total. The summed E-state index contributed by atoms with van der Waals surface area (Å²) in [5.74, 6) is 2.27. The van der Waals surface area contributed by atoms with E-state index >= 15 is 0 Å². The molecule has 0 aliphatic carbocycles. The first kappa shape index (κ1) is 19.2. The standard InChI is InChI=1S/C16H28N4O3S/c1-3-8-17-16(21)15(2)18-11-13-20(14-12-18)24(22,23)19-9-6-4-5-7-10-19/h1,15H,4-14H2,2H3,(H,17,21). The molecule has 0 spiro atoms. The molecular formula is C16H28N4O3S. The van der Waals surface area contributed by atoms with E-state index in [1.54, 1.807) is 8.61 Å². The Morgan fingerprint density at radius 2 is 1.58 bits per heavy atom. The minimum absolute atomic E-state index is 0.114. The van der Waals surface area contributed by atoms with E-state index in [1.807, 2.05) is 11.8 Å². The highest BCUT2D eigenvalue weighted by Crippen LogP contribution is 2.18. The minimum Gasteiger partial charge on any atom is -0.344 e. The summed E-state index contributed by atoms with van der Waals surface area (Å²) in [5, 5.41) is 2.67. The zero-order chi connectivity index (χ0) is 17.6. The maximum Gasteiger partial charge on any atom is 0.282 e. The number of terminal acetylenes is 1. The lowest BCUT2D eigenvalue weighted by molar-refractivity contribution is -0.126. The second-order valence-electron chi connectivity index (χ2n) is 6.35. The van der Waals surface area contributed by atoms with Gasteiger partial charge in [-0.05, 0) is 19.8 Å². The Kier molecular flexibility index (Phi) is 7.04. The van der Waals surface area contributed by atoms with Crippen molar-refractivity contribution in [3.05, 3.63) is 0 Å². The van der Waals surface area contributed by atoms with Gasteiger partial charge in [-0.25, -0.2) is 0 Å². The number of nitrogens with zero attached hydrogens (tertiary/aromatic N) is 3. The molecule has 2 fully saturated rings. The molecule has 8 heteroatoms. The first-order valence-corrected chi connectivity index (χ1v) is 10.1. The Balaban J connectivity index is 1.89. The summed E-state index contributed by atoms with van der Waals surface area (Å²) < 4.78 is 28.7. The molecule has 0 saturated carbocycles. The van der Waals surface area contributed by atoms with Gasteiger partial charge in [0.1, 0.15) is 0 Å². The van der Waals surface area contributed by atoms with Crippen LogP contribution in [-0.4, -0.2) is 79.7 Å². The highest BCUT2D eigenvalue weighted by molar-refractivity contribution is 7.86. The summed E-state index contributed by atoms with van der Waals surface area (Å²) in [6, 6.07) is -0.304. The molecule has 2 saturated heterocycles. The van der Waals surface area contributed by atoms with Crippen molar-refractivity contribution in [1.29, 1.82) is 0 Å². The van der Waals surface area contributed by atoms with Crippen LogP contribution in [0, 0.1) is 12.3 Å². The van der Waals surface area contributed by atoms with Gasteiger partial charge in [0, 0.05) is 39.3 Å². The van der Waals surface area contributed by atoms with Crippen LogP contribution in [0.1, 0.15) is 32.6 Å². The predicted octanol–water partition coefficient (Wildman–Crippen LogP) is -0.137. The second kappa shape index (κ2) is 8.81. The van der Waals surface area contributed by atoms with Gasteiger partial charge in [0.25, 0.3) is 10.2 Å². The molecule has 2 heterocycles. The van der Waals surface area contributed by atoms with Crippen LogP contribution in [0.5, 0.6) is 0 Å². The topological polar surface area (TPSA) is 73.0 Å². The summed E-state index contributed by atoms with van der Waals surface area (Å²) in [5.41, 5.74) is 0. The van der Waals surface area contributed by atoms with Crippen LogP contribution < -0.4 is 5.32 Å². The van der Waals surface area contributed by atoms with Crippen LogP contribution in [0.3, 0.4) is 0 Å². The minimum atomic E-state index is -3.38. The van der Waals surface area contributed by atoms with E-state index < -0.39 is 10.2 Å². The molecule has 2 rings (SSSR count). The number of nitrogens with one attached hydrogen (secondary N) is 1. The average Bonchev–Trinajstić information content (AvgIpc) is 2.89. The molecule has 0 aromatic rings. The number of piperazine rings is 1. The molecule has 0 radical (unpaired) electrons. The van der Waals surface area contributed by atoms with E-state index in [1.165, 1.54) is 0 Å². The Labute approximate surface area is 145 Å². The highest BCUT2D eigenvalue weighted by atomic mass is 32.2. The fourth-order valence-electron chi connectivity index (χ4n) is 3.21. The highest BCUT2D eigenvalue weighted by Gasteiger charge is 2.34. The van der Waals surface area contributed by atoms with E-state index in [2.05, 4.69) is 11.2 Å². The lowest BCUT2D eigenvalue weighted by Gasteiger charge is -2.38. The summed E-state index contributed by atoms with van der Waals surface area (Å²) in [7, 11) is -3.38. The van der Waals surface area contributed by atoms with Crippen molar-refractivity contribution >= 4 is 16.1 Å². The molecule has 1 atom stereocenters. The van der Waals surface area contributed by atoms with Crippen molar-refractivity contribution < 1.29 is 13.2 Å².